The minimum Gasteiger partial charge on any atom is -0.385 e. The second-order valence-corrected chi connectivity index (χ2v) is 4.84. The molecule has 2 aliphatic rings. The Morgan fingerprint density at radius 2 is 2.07 bits per heavy atom. The smallest absolute Gasteiger partial charge is 0.0905 e. The predicted octanol–water partition coefficient (Wildman–Crippen LogP) is 2.62. The van der Waals surface area contributed by atoms with E-state index in [1.165, 1.54) is 24.0 Å². The molecule has 1 N–H and O–H groups in total. The molecule has 1 aromatic carbocycles. The van der Waals surface area contributed by atoms with Gasteiger partial charge < -0.3 is 5.11 Å². The third-order valence-corrected chi connectivity index (χ3v) is 3.65. The molecule has 1 nitrogen and oxygen atoms in total. The van der Waals surface area contributed by atoms with Gasteiger partial charge in [-0.15, -0.1) is 0 Å². The largest absolute Gasteiger partial charge is 0.385 e. The highest BCUT2D eigenvalue weighted by molar-refractivity contribution is 5.37. The molecule has 0 amide bonds. The molecule has 2 aliphatic carbocycles. The highest BCUT2D eigenvalue weighted by atomic mass is 16.3. The number of fused-ring (bicyclic) bond motifs is 1. The minimum absolute atomic E-state index is 0.488. The molecular weight excluding hydrogens is 172 g/mol. The molecule has 1 atom stereocenters. The summed E-state index contributed by atoms with van der Waals surface area (Å²) in [6.07, 6.45) is 5.63. The topological polar surface area (TPSA) is 20.2 Å². The molecule has 74 valence electrons. The van der Waals surface area contributed by atoms with Gasteiger partial charge in [0.2, 0.25) is 0 Å². The van der Waals surface area contributed by atoms with Crippen LogP contribution in [0.2, 0.25) is 0 Å². The lowest BCUT2D eigenvalue weighted by Gasteiger charge is -2.23. The third kappa shape index (κ3) is 1.27. The maximum Gasteiger partial charge on any atom is 0.0905 e. The molecule has 1 aromatic rings. The Kier molecular flexibility index (Phi) is 1.72. The standard InChI is InChI=1S/C13H16O/c14-13(9-10-5-6-10)8-7-11-3-1-2-4-12(11)13/h1-4,10,14H,5-9H2. The van der Waals surface area contributed by atoms with E-state index in [1.54, 1.807) is 0 Å². The van der Waals surface area contributed by atoms with E-state index in [9.17, 15) is 5.11 Å². The number of rotatable bonds is 2. The summed E-state index contributed by atoms with van der Waals surface area (Å²) >= 11 is 0. The van der Waals surface area contributed by atoms with Crippen LogP contribution in [0, 0.1) is 5.92 Å². The van der Waals surface area contributed by atoms with Gasteiger partial charge in [0, 0.05) is 0 Å². The minimum atomic E-state index is -0.488. The summed E-state index contributed by atoms with van der Waals surface area (Å²) in [4.78, 5) is 0. The Bertz CT molecular complexity index is 354. The fourth-order valence-corrected chi connectivity index (χ4v) is 2.68. The van der Waals surface area contributed by atoms with Crippen LogP contribution in [0.1, 0.15) is 36.8 Å². The molecule has 0 spiro atoms. The lowest BCUT2D eigenvalue weighted by atomic mass is 9.90. The van der Waals surface area contributed by atoms with Gasteiger partial charge in [-0.3, -0.25) is 0 Å². The number of hydrogen-bond acceptors (Lipinski definition) is 1. The number of benzene rings is 1. The van der Waals surface area contributed by atoms with Gasteiger partial charge in [-0.2, -0.15) is 0 Å². The van der Waals surface area contributed by atoms with Crippen molar-refractivity contribution in [2.24, 2.45) is 5.92 Å². The SMILES string of the molecule is OC1(CC2CC2)CCc2ccccc21. The van der Waals surface area contributed by atoms with Crippen LogP contribution >= 0.6 is 0 Å². The van der Waals surface area contributed by atoms with Crippen molar-refractivity contribution in [2.45, 2.75) is 37.7 Å². The Morgan fingerprint density at radius 3 is 2.86 bits per heavy atom. The van der Waals surface area contributed by atoms with Crippen LogP contribution in [0.15, 0.2) is 24.3 Å². The van der Waals surface area contributed by atoms with E-state index < -0.39 is 5.60 Å². The highest BCUT2D eigenvalue weighted by Gasteiger charge is 2.40. The summed E-state index contributed by atoms with van der Waals surface area (Å²) in [6.45, 7) is 0. The van der Waals surface area contributed by atoms with Crippen molar-refractivity contribution in [3.8, 4) is 0 Å². The Morgan fingerprint density at radius 1 is 1.29 bits per heavy atom. The van der Waals surface area contributed by atoms with Gasteiger partial charge in [0.25, 0.3) is 0 Å². The van der Waals surface area contributed by atoms with E-state index in [0.717, 1.165) is 25.2 Å². The molecular formula is C13H16O. The Balaban J connectivity index is 1.94. The van der Waals surface area contributed by atoms with Gasteiger partial charge >= 0.3 is 0 Å². The molecule has 1 fully saturated rings. The van der Waals surface area contributed by atoms with Crippen molar-refractivity contribution < 1.29 is 5.11 Å². The van der Waals surface area contributed by atoms with E-state index in [2.05, 4.69) is 18.2 Å². The first-order valence-corrected chi connectivity index (χ1v) is 5.59. The normalized spacial score (nSPS) is 30.4. The van der Waals surface area contributed by atoms with Gasteiger partial charge in [0.05, 0.1) is 5.60 Å². The zero-order chi connectivity index (χ0) is 9.60. The molecule has 1 saturated carbocycles. The molecule has 0 aliphatic heterocycles. The van der Waals surface area contributed by atoms with E-state index >= 15 is 0 Å². The second kappa shape index (κ2) is 2.83. The Hall–Kier alpha value is -0.820. The zero-order valence-corrected chi connectivity index (χ0v) is 8.37. The van der Waals surface area contributed by atoms with Crippen molar-refractivity contribution in [1.29, 1.82) is 0 Å². The molecule has 1 heteroatoms. The van der Waals surface area contributed by atoms with E-state index in [1.807, 2.05) is 6.07 Å². The van der Waals surface area contributed by atoms with Gasteiger partial charge in [-0.25, -0.2) is 0 Å². The molecule has 0 heterocycles. The number of hydrogen-bond donors (Lipinski definition) is 1. The number of aliphatic hydroxyl groups is 1. The average Bonchev–Trinajstić information content (AvgIpc) is 2.93. The third-order valence-electron chi connectivity index (χ3n) is 3.65. The van der Waals surface area contributed by atoms with E-state index in [-0.39, 0.29) is 0 Å². The van der Waals surface area contributed by atoms with Crippen LogP contribution in [0.25, 0.3) is 0 Å². The molecule has 0 bridgehead atoms. The van der Waals surface area contributed by atoms with Crippen LogP contribution in [0.4, 0.5) is 0 Å². The van der Waals surface area contributed by atoms with Crippen molar-refractivity contribution in [3.63, 3.8) is 0 Å². The molecule has 14 heavy (non-hydrogen) atoms. The Labute approximate surface area is 84.8 Å². The second-order valence-electron chi connectivity index (χ2n) is 4.84. The maximum absolute atomic E-state index is 10.6. The highest BCUT2D eigenvalue weighted by Crippen LogP contribution is 2.46. The quantitative estimate of drug-likeness (QED) is 0.756. The van der Waals surface area contributed by atoms with Crippen LogP contribution in [-0.2, 0) is 12.0 Å². The predicted molar refractivity (Wildman–Crippen MR) is 56.0 cm³/mol. The van der Waals surface area contributed by atoms with E-state index in [0.29, 0.717) is 0 Å². The van der Waals surface area contributed by atoms with Crippen molar-refractivity contribution in [2.75, 3.05) is 0 Å². The summed E-state index contributed by atoms with van der Waals surface area (Å²) < 4.78 is 0. The van der Waals surface area contributed by atoms with Gasteiger partial charge in [0.15, 0.2) is 0 Å². The number of aryl methyl sites for hydroxylation is 1. The summed E-state index contributed by atoms with van der Waals surface area (Å²) in [5, 5.41) is 10.6. The van der Waals surface area contributed by atoms with E-state index in [4.69, 9.17) is 0 Å². The molecule has 3 rings (SSSR count). The summed E-state index contributed by atoms with van der Waals surface area (Å²) in [5.41, 5.74) is 2.07. The maximum atomic E-state index is 10.6. The molecule has 0 radical (unpaired) electrons. The zero-order valence-electron chi connectivity index (χ0n) is 8.37. The lowest BCUT2D eigenvalue weighted by molar-refractivity contribution is 0.0237. The monoisotopic (exact) mass is 188 g/mol. The summed E-state index contributed by atoms with van der Waals surface area (Å²) in [6, 6.07) is 8.37. The van der Waals surface area contributed by atoms with Gasteiger partial charge in [0.1, 0.15) is 0 Å². The van der Waals surface area contributed by atoms with Crippen molar-refractivity contribution in [3.05, 3.63) is 35.4 Å². The molecule has 1 unspecified atom stereocenters. The van der Waals surface area contributed by atoms with Crippen LogP contribution in [-0.4, -0.2) is 5.11 Å². The van der Waals surface area contributed by atoms with Gasteiger partial charge in [-0.1, -0.05) is 37.1 Å². The molecule has 0 aromatic heterocycles. The summed E-state index contributed by atoms with van der Waals surface area (Å²) in [7, 11) is 0. The fraction of sp³-hybridized carbons (Fsp3) is 0.538. The summed E-state index contributed by atoms with van der Waals surface area (Å²) in [5.74, 6) is 0.797. The van der Waals surface area contributed by atoms with Crippen molar-refractivity contribution in [1.82, 2.24) is 0 Å². The average molecular weight is 188 g/mol. The first-order valence-electron chi connectivity index (χ1n) is 5.59. The van der Waals surface area contributed by atoms with Crippen LogP contribution in [0.5, 0.6) is 0 Å². The van der Waals surface area contributed by atoms with Crippen LogP contribution in [0.3, 0.4) is 0 Å². The van der Waals surface area contributed by atoms with Crippen molar-refractivity contribution >= 4 is 0 Å². The molecule has 0 saturated heterocycles. The first kappa shape index (κ1) is 8.49. The van der Waals surface area contributed by atoms with Crippen LogP contribution < -0.4 is 0 Å². The first-order chi connectivity index (χ1) is 6.78. The lowest BCUT2D eigenvalue weighted by Crippen LogP contribution is -2.22. The fourth-order valence-electron chi connectivity index (χ4n) is 2.68. The van der Waals surface area contributed by atoms with Gasteiger partial charge in [-0.05, 0) is 36.3 Å².